The second-order valence-corrected chi connectivity index (χ2v) is 15.0. The lowest BCUT2D eigenvalue weighted by Crippen LogP contribution is -2.60. The summed E-state index contributed by atoms with van der Waals surface area (Å²) in [6.45, 7) is 7.49. The number of nitro groups is 1. The SMILES string of the molecule is C[C@H](CCOCc1ccccc1)C[C@@H](OCc1ccccc1)[C@H]1O[C@]2(C[C@H]1O)[C@@H](C)C[C@@H](C)CN2S(=O)(=O)c1ccccc1[N+](=O)[O-]. The standard InChI is InChI=1S/C36H46N2O8S/c1-26(18-19-44-24-29-12-6-4-7-13-29)21-33(45-25-30-14-8-5-9-15-30)35-32(39)22-36(46-35)28(3)20-27(2)23-37(36)47(42,43)34-17-11-10-16-31(34)38(40)41/h4-17,26-28,32-33,35,39H,18-25H2,1-3H3/t26-,27-,28+,32-,33-,35+,36-/m1/s1. The third-order valence-corrected chi connectivity index (χ3v) is 11.4. The summed E-state index contributed by atoms with van der Waals surface area (Å²) in [5.41, 5.74) is 0.193. The number of ether oxygens (including phenoxy) is 3. The van der Waals surface area contributed by atoms with Gasteiger partial charge in [-0.3, -0.25) is 10.1 Å². The molecule has 47 heavy (non-hydrogen) atoms. The first-order chi connectivity index (χ1) is 22.5. The molecule has 0 unspecified atom stereocenters. The summed E-state index contributed by atoms with van der Waals surface area (Å²) in [6.07, 6.45) is -0.352. The first-order valence-electron chi connectivity index (χ1n) is 16.4. The number of benzene rings is 3. The molecular weight excluding hydrogens is 620 g/mol. The van der Waals surface area contributed by atoms with Gasteiger partial charge < -0.3 is 19.3 Å². The van der Waals surface area contributed by atoms with E-state index in [0.717, 1.165) is 17.5 Å². The van der Waals surface area contributed by atoms with Gasteiger partial charge in [0.05, 0.1) is 30.3 Å². The number of nitro benzene ring substituents is 1. The molecule has 0 aliphatic carbocycles. The molecule has 2 saturated heterocycles. The largest absolute Gasteiger partial charge is 0.390 e. The Kier molecular flexibility index (Phi) is 11.5. The number of aliphatic hydroxyl groups is 1. The van der Waals surface area contributed by atoms with Crippen molar-refractivity contribution in [3.63, 3.8) is 0 Å². The molecule has 0 radical (unpaired) electrons. The van der Waals surface area contributed by atoms with Gasteiger partial charge in [0.1, 0.15) is 11.8 Å². The zero-order valence-corrected chi connectivity index (χ0v) is 28.1. The number of piperidine rings is 1. The number of sulfonamides is 1. The zero-order valence-electron chi connectivity index (χ0n) is 27.3. The van der Waals surface area contributed by atoms with Crippen molar-refractivity contribution >= 4 is 15.7 Å². The predicted molar refractivity (Wildman–Crippen MR) is 178 cm³/mol. The Morgan fingerprint density at radius 1 is 1.00 bits per heavy atom. The van der Waals surface area contributed by atoms with Crippen LogP contribution in [-0.2, 0) is 37.4 Å². The first kappa shape index (κ1) is 35.1. The maximum absolute atomic E-state index is 14.3. The van der Waals surface area contributed by atoms with Crippen molar-refractivity contribution in [3.8, 4) is 0 Å². The van der Waals surface area contributed by atoms with Crippen LogP contribution in [0.4, 0.5) is 5.69 Å². The maximum atomic E-state index is 14.3. The Morgan fingerprint density at radius 3 is 2.28 bits per heavy atom. The van der Waals surface area contributed by atoms with E-state index in [1.54, 1.807) is 0 Å². The molecule has 10 nitrogen and oxygen atoms in total. The smallest absolute Gasteiger partial charge is 0.289 e. The molecule has 0 saturated carbocycles. The summed E-state index contributed by atoms with van der Waals surface area (Å²) in [5.74, 6) is -0.162. The van der Waals surface area contributed by atoms with Crippen molar-refractivity contribution in [3.05, 3.63) is 106 Å². The second kappa shape index (κ2) is 15.4. The van der Waals surface area contributed by atoms with Crippen LogP contribution in [0.2, 0.25) is 0 Å². The van der Waals surface area contributed by atoms with E-state index in [1.165, 1.54) is 28.6 Å². The summed E-state index contributed by atoms with van der Waals surface area (Å²) >= 11 is 0. The number of nitrogens with zero attached hydrogens (tertiary/aromatic N) is 2. The van der Waals surface area contributed by atoms with Crippen molar-refractivity contribution in [2.24, 2.45) is 17.8 Å². The zero-order chi connectivity index (χ0) is 33.6. The minimum absolute atomic E-state index is 0.0194. The molecule has 1 N–H and O–H groups in total. The Balaban J connectivity index is 1.38. The fraction of sp³-hybridized carbons (Fsp3) is 0.500. The minimum Gasteiger partial charge on any atom is -0.390 e. The van der Waals surface area contributed by atoms with Crippen LogP contribution in [0.3, 0.4) is 0 Å². The summed E-state index contributed by atoms with van der Waals surface area (Å²) in [7, 11) is -4.39. The average molecular weight is 667 g/mol. The molecule has 0 aromatic heterocycles. The van der Waals surface area contributed by atoms with E-state index in [9.17, 15) is 23.6 Å². The van der Waals surface area contributed by atoms with Gasteiger partial charge in [-0.05, 0) is 48.3 Å². The topological polar surface area (TPSA) is 128 Å². The fourth-order valence-corrected chi connectivity index (χ4v) is 9.06. The Hall–Kier alpha value is -3.19. The Bertz CT molecular complexity index is 1570. The molecule has 254 valence electrons. The second-order valence-electron chi connectivity index (χ2n) is 13.2. The van der Waals surface area contributed by atoms with E-state index in [1.807, 2.05) is 74.5 Å². The van der Waals surface area contributed by atoms with E-state index in [-0.39, 0.29) is 35.6 Å². The van der Waals surface area contributed by atoms with Crippen LogP contribution < -0.4 is 0 Å². The van der Waals surface area contributed by atoms with Gasteiger partial charge >= 0.3 is 0 Å². The molecule has 2 heterocycles. The quantitative estimate of drug-likeness (QED) is 0.120. The van der Waals surface area contributed by atoms with E-state index in [4.69, 9.17) is 14.2 Å². The number of para-hydroxylation sites is 1. The number of hydrogen-bond donors (Lipinski definition) is 1. The average Bonchev–Trinajstić information content (AvgIpc) is 3.41. The Labute approximate surface area is 277 Å². The number of rotatable bonds is 14. The highest BCUT2D eigenvalue weighted by Gasteiger charge is 2.60. The van der Waals surface area contributed by atoms with Crippen molar-refractivity contribution in [2.75, 3.05) is 13.2 Å². The number of aliphatic hydroxyl groups excluding tert-OH is 1. The molecule has 5 rings (SSSR count). The lowest BCUT2D eigenvalue weighted by molar-refractivity contribution is -0.387. The van der Waals surface area contributed by atoms with Gasteiger partial charge in [-0.25, -0.2) is 8.42 Å². The fourth-order valence-electron chi connectivity index (χ4n) is 7.01. The summed E-state index contributed by atoms with van der Waals surface area (Å²) in [5, 5.41) is 23.5. The van der Waals surface area contributed by atoms with E-state index in [0.29, 0.717) is 32.7 Å². The van der Waals surface area contributed by atoms with Crippen LogP contribution in [0.15, 0.2) is 89.8 Å². The molecule has 2 fully saturated rings. The molecular formula is C36H46N2O8S. The lowest BCUT2D eigenvalue weighted by Gasteiger charge is -2.49. The summed E-state index contributed by atoms with van der Waals surface area (Å²) in [6, 6.07) is 25.1. The van der Waals surface area contributed by atoms with Gasteiger partial charge in [0.25, 0.3) is 15.7 Å². The van der Waals surface area contributed by atoms with Crippen molar-refractivity contribution in [1.29, 1.82) is 0 Å². The molecule has 2 aliphatic rings. The van der Waals surface area contributed by atoms with Gasteiger partial charge in [0.15, 0.2) is 4.90 Å². The minimum atomic E-state index is -4.39. The monoisotopic (exact) mass is 666 g/mol. The summed E-state index contributed by atoms with van der Waals surface area (Å²) in [4.78, 5) is 10.8. The highest BCUT2D eigenvalue weighted by Crippen LogP contribution is 2.49. The van der Waals surface area contributed by atoms with Crippen LogP contribution in [0.1, 0.15) is 57.6 Å². The van der Waals surface area contributed by atoms with Crippen molar-refractivity contribution in [2.45, 2.75) is 88.6 Å². The van der Waals surface area contributed by atoms with Crippen LogP contribution in [0.25, 0.3) is 0 Å². The predicted octanol–water partition coefficient (Wildman–Crippen LogP) is 6.33. The van der Waals surface area contributed by atoms with Crippen LogP contribution in [-0.4, -0.2) is 59.9 Å². The summed E-state index contributed by atoms with van der Waals surface area (Å²) < 4.78 is 49.1. The van der Waals surface area contributed by atoms with Gasteiger partial charge in [-0.2, -0.15) is 4.31 Å². The maximum Gasteiger partial charge on any atom is 0.289 e. The molecule has 0 bridgehead atoms. The third-order valence-electron chi connectivity index (χ3n) is 9.45. The van der Waals surface area contributed by atoms with Crippen LogP contribution >= 0.6 is 0 Å². The van der Waals surface area contributed by atoms with Crippen LogP contribution in [0.5, 0.6) is 0 Å². The van der Waals surface area contributed by atoms with Crippen LogP contribution in [0, 0.1) is 27.9 Å². The molecule has 11 heteroatoms. The van der Waals surface area contributed by atoms with Gasteiger partial charge in [0.2, 0.25) is 0 Å². The third kappa shape index (κ3) is 8.10. The van der Waals surface area contributed by atoms with E-state index >= 15 is 0 Å². The highest BCUT2D eigenvalue weighted by atomic mass is 32.2. The van der Waals surface area contributed by atoms with Gasteiger partial charge in [0, 0.05) is 31.6 Å². The molecule has 2 aliphatic heterocycles. The van der Waals surface area contributed by atoms with Gasteiger partial charge in [-0.15, -0.1) is 0 Å². The number of hydrogen-bond acceptors (Lipinski definition) is 8. The van der Waals surface area contributed by atoms with Crippen molar-refractivity contribution < 1.29 is 32.7 Å². The lowest BCUT2D eigenvalue weighted by atomic mass is 9.82. The van der Waals surface area contributed by atoms with E-state index in [2.05, 4.69) is 6.92 Å². The first-order valence-corrected chi connectivity index (χ1v) is 17.8. The molecule has 7 atom stereocenters. The highest BCUT2D eigenvalue weighted by molar-refractivity contribution is 7.89. The molecule has 3 aromatic carbocycles. The molecule has 3 aromatic rings. The molecule has 0 amide bonds. The molecule has 1 spiro atoms. The van der Waals surface area contributed by atoms with Gasteiger partial charge in [-0.1, -0.05) is 93.6 Å². The normalized spacial score (nSPS) is 26.3. The van der Waals surface area contributed by atoms with Crippen molar-refractivity contribution in [1.82, 2.24) is 4.31 Å². The Morgan fingerprint density at radius 2 is 1.62 bits per heavy atom. The van der Waals surface area contributed by atoms with E-state index < -0.39 is 44.7 Å².